The van der Waals surface area contributed by atoms with Crippen LogP contribution in [0.15, 0.2) is 48.5 Å². The van der Waals surface area contributed by atoms with Crippen LogP contribution in [0, 0.1) is 17.6 Å². The molecule has 2 aromatic rings. The van der Waals surface area contributed by atoms with Gasteiger partial charge in [0.25, 0.3) is 0 Å². The van der Waals surface area contributed by atoms with Crippen molar-refractivity contribution in [1.29, 1.82) is 0 Å². The van der Waals surface area contributed by atoms with Gasteiger partial charge in [-0.1, -0.05) is 24.3 Å². The summed E-state index contributed by atoms with van der Waals surface area (Å²) in [5.74, 6) is -1.77. The monoisotopic (exact) mass is 330 g/mol. The highest BCUT2D eigenvalue weighted by Gasteiger charge is 2.52. The molecule has 0 saturated heterocycles. The van der Waals surface area contributed by atoms with Crippen LogP contribution in [0.2, 0.25) is 0 Å². The number of ketones is 1. The fourth-order valence-corrected chi connectivity index (χ4v) is 4.15. The van der Waals surface area contributed by atoms with Gasteiger partial charge in [-0.2, -0.15) is 0 Å². The molecule has 3 rings (SSSR count). The summed E-state index contributed by atoms with van der Waals surface area (Å²) < 4.78 is 26.5. The highest BCUT2D eigenvalue weighted by atomic mass is 19.1. The summed E-state index contributed by atoms with van der Waals surface area (Å²) in [4.78, 5) is 12.2. The van der Waals surface area contributed by atoms with Crippen LogP contribution in [-0.4, -0.2) is 16.5 Å². The molecule has 0 radical (unpaired) electrons. The van der Waals surface area contributed by atoms with E-state index in [-0.39, 0.29) is 29.3 Å². The second kappa shape index (κ2) is 6.10. The van der Waals surface area contributed by atoms with Crippen molar-refractivity contribution in [2.75, 3.05) is 0 Å². The van der Waals surface area contributed by atoms with Crippen molar-refractivity contribution < 1.29 is 18.7 Å². The van der Waals surface area contributed by atoms with E-state index in [0.717, 1.165) is 11.1 Å². The molecule has 0 aliphatic heterocycles. The summed E-state index contributed by atoms with van der Waals surface area (Å²) in [6.45, 7) is 3.14. The fraction of sp³-hybridized carbons (Fsp3) is 0.350. The standard InChI is InChI=1S/C20H20F2O2/c1-12(23)19-18(14-5-9-16(22)10-6-14)17(11-20(19,2)24)13-3-7-15(21)8-4-13/h3-10,17-19,24H,11H2,1-2H3/t17-,18-,19+,20-/m0/s1. The first-order valence-corrected chi connectivity index (χ1v) is 8.03. The second-order valence-corrected chi connectivity index (χ2v) is 6.88. The molecule has 1 saturated carbocycles. The van der Waals surface area contributed by atoms with Crippen LogP contribution in [0.4, 0.5) is 8.78 Å². The van der Waals surface area contributed by atoms with Crippen molar-refractivity contribution >= 4 is 5.78 Å². The van der Waals surface area contributed by atoms with E-state index < -0.39 is 11.5 Å². The lowest BCUT2D eigenvalue weighted by Crippen LogP contribution is -2.36. The summed E-state index contributed by atoms with van der Waals surface area (Å²) in [7, 11) is 0. The molecule has 0 spiro atoms. The Hall–Kier alpha value is -2.07. The Morgan fingerprint density at radius 2 is 1.46 bits per heavy atom. The number of aliphatic hydroxyl groups is 1. The van der Waals surface area contributed by atoms with Gasteiger partial charge in [-0.25, -0.2) is 8.78 Å². The first kappa shape index (κ1) is 16.8. The van der Waals surface area contributed by atoms with Gasteiger partial charge in [0.05, 0.1) is 11.5 Å². The number of benzene rings is 2. The zero-order chi connectivity index (χ0) is 17.5. The minimum absolute atomic E-state index is 0.0982. The van der Waals surface area contributed by atoms with Crippen molar-refractivity contribution in [3.8, 4) is 0 Å². The van der Waals surface area contributed by atoms with Gasteiger partial charge in [0, 0.05) is 5.92 Å². The molecule has 1 aliphatic carbocycles. The van der Waals surface area contributed by atoms with E-state index in [2.05, 4.69) is 0 Å². The molecule has 0 unspecified atom stereocenters. The third-order valence-electron chi connectivity index (χ3n) is 5.09. The molecule has 2 nitrogen and oxygen atoms in total. The molecule has 2 aromatic carbocycles. The molecular weight excluding hydrogens is 310 g/mol. The molecule has 0 heterocycles. The molecule has 0 amide bonds. The van der Waals surface area contributed by atoms with E-state index in [1.807, 2.05) is 0 Å². The number of Topliss-reactive ketones (excluding diaryl/α,β-unsaturated/α-hetero) is 1. The van der Waals surface area contributed by atoms with Gasteiger partial charge < -0.3 is 5.11 Å². The number of hydrogen-bond acceptors (Lipinski definition) is 2. The van der Waals surface area contributed by atoms with E-state index >= 15 is 0 Å². The maximum atomic E-state index is 13.3. The Bertz CT molecular complexity index is 735. The number of halogens is 2. The predicted octanol–water partition coefficient (Wildman–Crippen LogP) is 4.19. The van der Waals surface area contributed by atoms with Gasteiger partial charge in [0.2, 0.25) is 0 Å². The first-order valence-electron chi connectivity index (χ1n) is 8.03. The highest BCUT2D eigenvalue weighted by Crippen LogP contribution is 2.54. The lowest BCUT2D eigenvalue weighted by Gasteiger charge is -2.28. The molecule has 0 bridgehead atoms. The van der Waals surface area contributed by atoms with Crippen molar-refractivity contribution in [2.24, 2.45) is 5.92 Å². The Morgan fingerprint density at radius 3 is 1.92 bits per heavy atom. The van der Waals surface area contributed by atoms with Gasteiger partial charge >= 0.3 is 0 Å². The molecule has 0 aromatic heterocycles. The molecule has 4 heteroatoms. The minimum atomic E-state index is -1.16. The molecule has 1 fully saturated rings. The summed E-state index contributed by atoms with van der Waals surface area (Å²) in [6, 6.07) is 12.2. The maximum Gasteiger partial charge on any atom is 0.136 e. The van der Waals surface area contributed by atoms with Crippen molar-refractivity contribution in [3.05, 3.63) is 71.3 Å². The smallest absolute Gasteiger partial charge is 0.136 e. The Labute approximate surface area is 140 Å². The molecule has 4 atom stereocenters. The second-order valence-electron chi connectivity index (χ2n) is 6.88. The molecule has 1 N–H and O–H groups in total. The van der Waals surface area contributed by atoms with Gasteiger partial charge in [-0.05, 0) is 61.6 Å². The fourth-order valence-electron chi connectivity index (χ4n) is 4.15. The zero-order valence-corrected chi connectivity index (χ0v) is 13.7. The Morgan fingerprint density at radius 1 is 1.00 bits per heavy atom. The summed E-state index contributed by atoms with van der Waals surface area (Å²) in [5, 5.41) is 10.8. The third kappa shape index (κ3) is 2.98. The van der Waals surface area contributed by atoms with Crippen molar-refractivity contribution in [1.82, 2.24) is 0 Å². The van der Waals surface area contributed by atoms with E-state index in [0.29, 0.717) is 6.42 Å². The lowest BCUT2D eigenvalue weighted by molar-refractivity contribution is -0.127. The number of hydrogen-bond donors (Lipinski definition) is 1. The van der Waals surface area contributed by atoms with E-state index in [9.17, 15) is 18.7 Å². The number of carbonyl (C=O) groups is 1. The van der Waals surface area contributed by atoms with Crippen LogP contribution in [0.5, 0.6) is 0 Å². The SMILES string of the molecule is CC(=O)[C@@H]1[C@@H](c2ccc(F)cc2)[C@H](c2ccc(F)cc2)C[C@]1(C)O. The summed E-state index contributed by atoms with van der Waals surface area (Å²) in [5.41, 5.74) is 0.516. The minimum Gasteiger partial charge on any atom is -0.389 e. The van der Waals surface area contributed by atoms with Crippen LogP contribution in [0.3, 0.4) is 0 Å². The normalized spacial score (nSPS) is 29.6. The van der Waals surface area contributed by atoms with Gasteiger partial charge in [-0.3, -0.25) is 4.79 Å². The third-order valence-corrected chi connectivity index (χ3v) is 5.09. The number of carbonyl (C=O) groups excluding carboxylic acids is 1. The topological polar surface area (TPSA) is 37.3 Å². The average molecular weight is 330 g/mol. The Kier molecular flexibility index (Phi) is 4.26. The molecular formula is C20H20F2O2. The quantitative estimate of drug-likeness (QED) is 0.916. The summed E-state index contributed by atoms with van der Waals surface area (Å²) in [6.07, 6.45) is 0.394. The van der Waals surface area contributed by atoms with Crippen LogP contribution in [0.25, 0.3) is 0 Å². The molecule has 1 aliphatic rings. The average Bonchev–Trinajstić information content (AvgIpc) is 2.80. The maximum absolute atomic E-state index is 13.3. The van der Waals surface area contributed by atoms with E-state index in [4.69, 9.17) is 0 Å². The van der Waals surface area contributed by atoms with E-state index in [1.165, 1.54) is 31.2 Å². The van der Waals surface area contributed by atoms with Crippen LogP contribution >= 0.6 is 0 Å². The number of rotatable bonds is 3. The van der Waals surface area contributed by atoms with Crippen LogP contribution < -0.4 is 0 Å². The van der Waals surface area contributed by atoms with Gasteiger partial charge in [0.15, 0.2) is 0 Å². The van der Waals surface area contributed by atoms with Crippen LogP contribution in [0.1, 0.15) is 43.2 Å². The lowest BCUT2D eigenvalue weighted by atomic mass is 9.77. The van der Waals surface area contributed by atoms with Crippen molar-refractivity contribution in [3.63, 3.8) is 0 Å². The highest BCUT2D eigenvalue weighted by molar-refractivity contribution is 5.81. The largest absolute Gasteiger partial charge is 0.389 e. The van der Waals surface area contributed by atoms with Gasteiger partial charge in [-0.15, -0.1) is 0 Å². The predicted molar refractivity (Wildman–Crippen MR) is 87.7 cm³/mol. The van der Waals surface area contributed by atoms with Crippen LogP contribution in [-0.2, 0) is 4.79 Å². The first-order chi connectivity index (χ1) is 11.3. The zero-order valence-electron chi connectivity index (χ0n) is 13.7. The molecule has 126 valence electrons. The van der Waals surface area contributed by atoms with Gasteiger partial charge in [0.1, 0.15) is 17.4 Å². The Balaban J connectivity index is 2.10. The van der Waals surface area contributed by atoms with Crippen molar-refractivity contribution in [2.45, 2.75) is 37.7 Å². The molecule has 24 heavy (non-hydrogen) atoms. The summed E-state index contributed by atoms with van der Waals surface area (Å²) >= 11 is 0. The van der Waals surface area contributed by atoms with E-state index in [1.54, 1.807) is 31.2 Å².